The van der Waals surface area contributed by atoms with Crippen LogP contribution < -0.4 is 0 Å². The van der Waals surface area contributed by atoms with Crippen LogP contribution in [0.15, 0.2) is 30.3 Å². The van der Waals surface area contributed by atoms with E-state index in [4.69, 9.17) is 6.42 Å². The molecule has 0 spiro atoms. The van der Waals surface area contributed by atoms with Crippen LogP contribution in [0.1, 0.15) is 26.3 Å². The summed E-state index contributed by atoms with van der Waals surface area (Å²) in [5, 5.41) is 0. The van der Waals surface area contributed by atoms with Gasteiger partial charge in [0.2, 0.25) is 0 Å². The van der Waals surface area contributed by atoms with Crippen LogP contribution in [0.4, 0.5) is 0 Å². The Labute approximate surface area is 710 Å². The molecular weight excluding hydrogens is 1440 g/mol. The van der Waals surface area contributed by atoms with Gasteiger partial charge in [-0.15, -0.1) is 6.42 Å². The first-order valence-corrected chi connectivity index (χ1v) is 31.2. The molecule has 0 heterocycles. The highest BCUT2D eigenvalue weighted by Crippen LogP contribution is 1.92. The van der Waals surface area contributed by atoms with Gasteiger partial charge in [0.1, 0.15) is 0 Å². The van der Waals surface area contributed by atoms with Crippen molar-refractivity contribution in [3.05, 3.63) is 35.9 Å². The van der Waals surface area contributed by atoms with Crippen LogP contribution in [0.25, 0.3) is 0 Å². The summed E-state index contributed by atoms with van der Waals surface area (Å²) in [5.41, 5.74) is 1.32. The van der Waals surface area contributed by atoms with Gasteiger partial charge in [-0.2, -0.15) is 0 Å². The van der Waals surface area contributed by atoms with Crippen LogP contribution in [0.2, 0.25) is 0 Å². The van der Waals surface area contributed by atoms with E-state index in [1.165, 1.54) is 5.56 Å². The molecule has 1 aromatic rings. The molecule has 0 aliphatic rings. The first kappa shape index (κ1) is 97.1. The third-order valence-electron chi connectivity index (χ3n) is 7.76. The number of hydrogen-bond acceptors (Lipinski definition) is 0. The van der Waals surface area contributed by atoms with Crippen molar-refractivity contribution in [3.63, 3.8) is 0 Å². The zero-order valence-corrected chi connectivity index (χ0v) is 62.5. The second-order valence-corrected chi connectivity index (χ2v) is 15.4. The number of hydrogen-bond donors (Lipinski definition) is 0. The van der Waals surface area contributed by atoms with Gasteiger partial charge < -0.3 is 0 Å². The Morgan fingerprint density at radius 2 is 0.200 bits per heavy atom. The normalized spacial score (nSPS) is 4.22. The van der Waals surface area contributed by atoms with Gasteiger partial charge in [0.15, 0.2) is 0 Å². The van der Waals surface area contributed by atoms with Crippen LogP contribution in [0.3, 0.4) is 0 Å². The number of aryl methyl sites for hydroxylation is 1. The molecular formula is C120H18. The summed E-state index contributed by atoms with van der Waals surface area (Å²) < 4.78 is 0. The second kappa shape index (κ2) is 96.1. The summed E-state index contributed by atoms with van der Waals surface area (Å²) in [5.74, 6) is 272. The van der Waals surface area contributed by atoms with E-state index in [1.807, 2.05) is 32.0 Å². The predicted molar refractivity (Wildman–Crippen MR) is 477 cm³/mol. The SMILES string of the molecule is C#CC#CC#CC#CC#CC#CC#CC#CC#CC#CC#CC#CC#CC#CC#CC#CC#CC#CC#CC#CC#CC#CC#CC#CC#CC#CC#CC#CC#CC#CC#CC#CC#CC#CC#CC#CC#CC#CC#CC#CC#CC#CC#CC#CC#CC#CC#CC#CC#CC#CC#CC#CC#CC#CC#CC.CC.Cc1ccccc1. The molecule has 0 heteroatoms. The smallest absolute Gasteiger partial charge is 0 e. The molecule has 1 rings (SSSR count). The Hall–Kier alpha value is -25.0. The Balaban J connectivity index is 0. The largest absolute Gasteiger partial charge is 0.106 e. The lowest BCUT2D eigenvalue weighted by Crippen LogP contribution is -1.62. The summed E-state index contributed by atoms with van der Waals surface area (Å²) in [6, 6.07) is 10.3. The van der Waals surface area contributed by atoms with Gasteiger partial charge in [-0.05, 0) is 109 Å². The van der Waals surface area contributed by atoms with Gasteiger partial charge >= 0.3 is 0 Å². The maximum atomic E-state index is 4.95. The number of benzene rings is 1. The van der Waals surface area contributed by atoms with Gasteiger partial charge in [0.05, 0.1) is 0 Å². The predicted octanol–water partition coefficient (Wildman–Crippen LogP) is 3.84. The third kappa shape index (κ3) is 95.1. The van der Waals surface area contributed by atoms with Gasteiger partial charge in [-0.1, -0.05) is 55.7 Å². The fraction of sp³-hybridized carbons (Fsp3) is 0.0333. The highest BCUT2D eigenvalue weighted by Gasteiger charge is 1.73. The summed E-state index contributed by atoms with van der Waals surface area (Å²) >= 11 is 0. The molecule has 1 aromatic carbocycles. The van der Waals surface area contributed by atoms with Crippen molar-refractivity contribution in [1.82, 2.24) is 0 Å². The standard InChI is InChI=1S/C111H4.C7H8.C2H6/c1-3-5-7-9-11-13-15-17-19-21-23-25-27-29-31-33-35-37-39-41-43-45-47-49-51-53-55-57-59-61-63-65-67-69-71-73-75-77-79-81-83-85-87-89-91-93-95-97-99-101-103-105-107-109-111-110-108-106-104-102-100-98-96-94-92-90-88-86-84-82-80-78-76-74-72-70-68-66-64-62-60-58-56-54-52-50-48-46-44-42-40-38-36-34-32-30-28-26-24-22-20-18-16-14-12-10-8-6-4-2;1-7-5-3-2-4-6-7;1-2/h1H,2H3;2-6H,1H3;1-2H3. The van der Waals surface area contributed by atoms with Crippen molar-refractivity contribution in [2.24, 2.45) is 0 Å². The van der Waals surface area contributed by atoms with E-state index < -0.39 is 0 Å². The van der Waals surface area contributed by atoms with Gasteiger partial charge in [0, 0.05) is 545 Å². The zero-order valence-electron chi connectivity index (χ0n) is 62.5. The van der Waals surface area contributed by atoms with E-state index in [0.29, 0.717) is 0 Å². The lowest BCUT2D eigenvalue weighted by atomic mass is 10.2. The molecule has 0 aromatic heterocycles. The van der Waals surface area contributed by atoms with Crippen molar-refractivity contribution in [2.45, 2.75) is 27.7 Å². The summed E-state index contributed by atoms with van der Waals surface area (Å²) in [7, 11) is 0. The average Bonchev–Trinajstić information content (AvgIpc) is 1.01. The molecule has 498 valence electrons. The summed E-state index contributed by atoms with van der Waals surface area (Å²) in [4.78, 5) is 0. The van der Waals surface area contributed by atoms with Gasteiger partial charge in [0.25, 0.3) is 0 Å². The van der Waals surface area contributed by atoms with Crippen molar-refractivity contribution in [3.8, 4) is 652 Å². The topological polar surface area (TPSA) is 0 Å². The molecule has 0 nitrogen and oxygen atoms in total. The quantitative estimate of drug-likeness (QED) is 0.347. The molecule has 0 amide bonds. The molecule has 0 fully saturated rings. The fourth-order valence-corrected chi connectivity index (χ4v) is 3.91. The van der Waals surface area contributed by atoms with Crippen LogP contribution >= 0.6 is 0 Å². The fourth-order valence-electron chi connectivity index (χ4n) is 3.91. The number of terminal acetylenes is 1. The Morgan fingerprint density at radius 1 is 0.125 bits per heavy atom. The summed E-state index contributed by atoms with van der Waals surface area (Å²) in [6.07, 6.45) is 4.95. The molecule has 120 heavy (non-hydrogen) atoms. The minimum atomic E-state index is 1.32. The van der Waals surface area contributed by atoms with Crippen LogP contribution in [0, 0.1) is 659 Å². The molecule has 0 N–H and O–H groups in total. The monoisotopic (exact) mass is 1460 g/mol. The molecule has 0 bridgehead atoms. The zero-order chi connectivity index (χ0) is 86.2. The van der Waals surface area contributed by atoms with E-state index >= 15 is 0 Å². The minimum Gasteiger partial charge on any atom is -0.106 e. The maximum Gasteiger partial charge on any atom is 0 e. The molecule has 0 aliphatic heterocycles. The second-order valence-electron chi connectivity index (χ2n) is 15.4. The lowest BCUT2D eigenvalue weighted by molar-refractivity contribution is 1.48. The van der Waals surface area contributed by atoms with Crippen molar-refractivity contribution in [2.75, 3.05) is 0 Å². The van der Waals surface area contributed by atoms with E-state index in [2.05, 4.69) is 664 Å². The lowest BCUT2D eigenvalue weighted by Gasteiger charge is -1.82. The van der Waals surface area contributed by atoms with Crippen LogP contribution in [0.5, 0.6) is 0 Å². The van der Waals surface area contributed by atoms with E-state index in [-0.39, 0.29) is 0 Å². The van der Waals surface area contributed by atoms with Crippen molar-refractivity contribution in [1.29, 1.82) is 0 Å². The molecule has 0 aliphatic carbocycles. The van der Waals surface area contributed by atoms with Gasteiger partial charge in [-0.25, -0.2) is 0 Å². The molecule has 0 radical (unpaired) electrons. The van der Waals surface area contributed by atoms with Gasteiger partial charge in [-0.3, -0.25) is 0 Å². The molecule has 0 atom stereocenters. The average molecular weight is 1460 g/mol. The molecule has 0 saturated carbocycles. The Bertz CT molecular complexity index is 8220. The van der Waals surface area contributed by atoms with E-state index in [1.54, 1.807) is 6.92 Å². The highest BCUT2D eigenvalue weighted by atomic mass is 13.8. The number of rotatable bonds is 0. The van der Waals surface area contributed by atoms with Crippen LogP contribution in [-0.2, 0) is 0 Å². The third-order valence-corrected chi connectivity index (χ3v) is 7.76. The van der Waals surface area contributed by atoms with E-state index in [9.17, 15) is 0 Å². The maximum absolute atomic E-state index is 4.95. The first-order chi connectivity index (χ1) is 59.8. The minimum absolute atomic E-state index is 1.32. The van der Waals surface area contributed by atoms with Crippen molar-refractivity contribution < 1.29 is 0 Å². The highest BCUT2D eigenvalue weighted by molar-refractivity contribution is 5.57. The Morgan fingerprint density at radius 3 is 0.258 bits per heavy atom. The summed E-state index contributed by atoms with van der Waals surface area (Å²) in [6.45, 7) is 7.77. The van der Waals surface area contributed by atoms with E-state index in [0.717, 1.165) is 0 Å². The first-order valence-electron chi connectivity index (χ1n) is 31.2. The molecule has 0 unspecified atom stereocenters. The Kier molecular flexibility index (Phi) is 77.7. The molecule has 0 saturated heterocycles. The van der Waals surface area contributed by atoms with Crippen molar-refractivity contribution >= 4 is 0 Å². The van der Waals surface area contributed by atoms with Crippen LogP contribution in [-0.4, -0.2) is 0 Å².